The van der Waals surface area contributed by atoms with Crippen LogP contribution in [0.1, 0.15) is 29.5 Å². The van der Waals surface area contributed by atoms with E-state index in [0.717, 1.165) is 30.4 Å². The van der Waals surface area contributed by atoms with Crippen molar-refractivity contribution in [3.8, 4) is 11.5 Å². The molecule has 1 aromatic rings. The minimum absolute atomic E-state index is 0.0147. The van der Waals surface area contributed by atoms with E-state index in [1.54, 1.807) is 7.11 Å². The van der Waals surface area contributed by atoms with Crippen LogP contribution in [0.4, 0.5) is 0 Å². The van der Waals surface area contributed by atoms with E-state index >= 15 is 0 Å². The fourth-order valence-corrected chi connectivity index (χ4v) is 1.99. The summed E-state index contributed by atoms with van der Waals surface area (Å²) in [6, 6.07) is 1.91. The Morgan fingerprint density at radius 1 is 1.38 bits per heavy atom. The van der Waals surface area contributed by atoms with Crippen LogP contribution in [0.5, 0.6) is 11.5 Å². The van der Waals surface area contributed by atoms with Crippen molar-refractivity contribution in [2.45, 2.75) is 38.6 Å². The van der Waals surface area contributed by atoms with Crippen LogP contribution >= 0.6 is 0 Å². The summed E-state index contributed by atoms with van der Waals surface area (Å²) in [5.41, 5.74) is 9.30. The summed E-state index contributed by atoms with van der Waals surface area (Å²) in [6.07, 6.45) is 3.06. The third kappa shape index (κ3) is 1.87. The minimum atomic E-state index is -0.0147. The molecule has 0 amide bonds. The maximum atomic E-state index is 9.86. The Kier molecular flexibility index (Phi) is 2.58. The van der Waals surface area contributed by atoms with Gasteiger partial charge in [0.1, 0.15) is 0 Å². The van der Waals surface area contributed by atoms with Gasteiger partial charge in [0.25, 0.3) is 0 Å². The van der Waals surface area contributed by atoms with Gasteiger partial charge in [-0.2, -0.15) is 0 Å². The average molecular weight is 221 g/mol. The molecule has 1 aliphatic rings. The lowest BCUT2D eigenvalue weighted by Crippen LogP contribution is -2.25. The number of phenolic OH excluding ortho intramolecular Hbond substituents is 1. The Bertz CT molecular complexity index is 422. The smallest absolute Gasteiger partial charge is 0.161 e. The summed E-state index contributed by atoms with van der Waals surface area (Å²) >= 11 is 0. The summed E-state index contributed by atoms with van der Waals surface area (Å²) in [4.78, 5) is 0. The second kappa shape index (κ2) is 3.67. The van der Waals surface area contributed by atoms with Crippen molar-refractivity contribution in [1.82, 2.24) is 0 Å². The zero-order valence-electron chi connectivity index (χ0n) is 10.1. The Labute approximate surface area is 96.2 Å². The first-order valence-electron chi connectivity index (χ1n) is 5.62. The lowest BCUT2D eigenvalue weighted by Gasteiger charge is -2.16. The molecule has 1 aliphatic carbocycles. The number of methoxy groups -OCH3 is 1. The van der Waals surface area contributed by atoms with Crippen LogP contribution < -0.4 is 10.5 Å². The summed E-state index contributed by atoms with van der Waals surface area (Å²) in [5, 5.41) is 9.86. The first kappa shape index (κ1) is 11.3. The van der Waals surface area contributed by atoms with Crippen molar-refractivity contribution in [3.05, 3.63) is 22.8 Å². The van der Waals surface area contributed by atoms with Gasteiger partial charge >= 0.3 is 0 Å². The Balaban J connectivity index is 2.40. The molecule has 0 radical (unpaired) electrons. The Morgan fingerprint density at radius 3 is 2.50 bits per heavy atom. The highest BCUT2D eigenvalue weighted by molar-refractivity contribution is 5.53. The molecule has 0 bridgehead atoms. The minimum Gasteiger partial charge on any atom is -0.504 e. The standard InChI is InChI=1S/C13H19NO2/c1-8-9(2)12(15)11(16-3)6-10(8)7-13(14)4-5-13/h6,15H,4-5,7,14H2,1-3H3. The van der Waals surface area contributed by atoms with Gasteiger partial charge in [-0.3, -0.25) is 0 Å². The molecule has 88 valence electrons. The molecule has 0 heterocycles. The van der Waals surface area contributed by atoms with E-state index in [4.69, 9.17) is 10.5 Å². The van der Waals surface area contributed by atoms with Crippen molar-refractivity contribution in [3.63, 3.8) is 0 Å². The number of hydrogen-bond donors (Lipinski definition) is 2. The summed E-state index contributed by atoms with van der Waals surface area (Å²) < 4.78 is 5.17. The van der Waals surface area contributed by atoms with Crippen molar-refractivity contribution < 1.29 is 9.84 Å². The Morgan fingerprint density at radius 2 is 2.00 bits per heavy atom. The molecule has 0 saturated heterocycles. The van der Waals surface area contributed by atoms with Crippen LogP contribution in [0.2, 0.25) is 0 Å². The van der Waals surface area contributed by atoms with Crippen LogP contribution in [0, 0.1) is 13.8 Å². The summed E-state index contributed by atoms with van der Waals surface area (Å²) in [5.74, 6) is 0.785. The normalized spacial score (nSPS) is 17.2. The van der Waals surface area contributed by atoms with Crippen LogP contribution in [0.15, 0.2) is 6.07 Å². The van der Waals surface area contributed by atoms with E-state index in [1.165, 1.54) is 5.56 Å². The number of phenols is 1. The van der Waals surface area contributed by atoms with Crippen LogP contribution in [0.25, 0.3) is 0 Å². The molecular formula is C13H19NO2. The highest BCUT2D eigenvalue weighted by Gasteiger charge is 2.38. The van der Waals surface area contributed by atoms with E-state index in [2.05, 4.69) is 0 Å². The third-order valence-corrected chi connectivity index (χ3v) is 3.59. The number of hydrogen-bond acceptors (Lipinski definition) is 3. The van der Waals surface area contributed by atoms with Gasteiger partial charge in [0.2, 0.25) is 0 Å². The van der Waals surface area contributed by atoms with E-state index < -0.39 is 0 Å². The van der Waals surface area contributed by atoms with Crippen molar-refractivity contribution >= 4 is 0 Å². The highest BCUT2D eigenvalue weighted by Crippen LogP contribution is 2.40. The molecule has 3 heteroatoms. The molecule has 2 rings (SSSR count). The van der Waals surface area contributed by atoms with Crippen LogP contribution in [-0.2, 0) is 6.42 Å². The molecule has 1 aromatic carbocycles. The van der Waals surface area contributed by atoms with Gasteiger partial charge < -0.3 is 15.6 Å². The Hall–Kier alpha value is -1.22. The third-order valence-electron chi connectivity index (χ3n) is 3.59. The molecule has 0 aromatic heterocycles. The number of aromatic hydroxyl groups is 1. The predicted octanol–water partition coefficient (Wildman–Crippen LogP) is 2.05. The van der Waals surface area contributed by atoms with Crippen LogP contribution in [-0.4, -0.2) is 17.8 Å². The van der Waals surface area contributed by atoms with Crippen molar-refractivity contribution in [1.29, 1.82) is 0 Å². The van der Waals surface area contributed by atoms with Crippen LogP contribution in [0.3, 0.4) is 0 Å². The van der Waals surface area contributed by atoms with Gasteiger partial charge in [0.15, 0.2) is 11.5 Å². The quantitative estimate of drug-likeness (QED) is 0.821. The molecular weight excluding hydrogens is 202 g/mol. The molecule has 1 saturated carbocycles. The fourth-order valence-electron chi connectivity index (χ4n) is 1.99. The average Bonchev–Trinajstić information content (AvgIpc) is 2.97. The van der Waals surface area contributed by atoms with Gasteiger partial charge in [-0.25, -0.2) is 0 Å². The second-order valence-electron chi connectivity index (χ2n) is 4.88. The highest BCUT2D eigenvalue weighted by atomic mass is 16.5. The van der Waals surface area contributed by atoms with Crippen molar-refractivity contribution in [2.75, 3.05) is 7.11 Å². The first-order valence-corrected chi connectivity index (χ1v) is 5.62. The molecule has 0 unspecified atom stereocenters. The molecule has 0 aliphatic heterocycles. The van der Waals surface area contributed by atoms with Gasteiger partial charge in [0, 0.05) is 5.54 Å². The molecule has 3 nitrogen and oxygen atoms in total. The number of benzene rings is 1. The van der Waals surface area contributed by atoms with E-state index in [0.29, 0.717) is 5.75 Å². The van der Waals surface area contributed by atoms with E-state index in [9.17, 15) is 5.11 Å². The topological polar surface area (TPSA) is 55.5 Å². The molecule has 0 atom stereocenters. The lowest BCUT2D eigenvalue weighted by atomic mass is 9.95. The number of nitrogens with two attached hydrogens (primary N) is 1. The number of ether oxygens (including phenoxy) is 1. The van der Waals surface area contributed by atoms with Crippen molar-refractivity contribution in [2.24, 2.45) is 5.73 Å². The maximum Gasteiger partial charge on any atom is 0.161 e. The first-order chi connectivity index (χ1) is 7.47. The second-order valence-corrected chi connectivity index (χ2v) is 4.88. The molecule has 1 fully saturated rings. The molecule has 3 N–H and O–H groups in total. The largest absolute Gasteiger partial charge is 0.504 e. The monoisotopic (exact) mass is 221 g/mol. The molecule has 16 heavy (non-hydrogen) atoms. The van der Waals surface area contributed by atoms with Gasteiger partial charge in [-0.05, 0) is 55.9 Å². The number of rotatable bonds is 3. The van der Waals surface area contributed by atoms with E-state index in [-0.39, 0.29) is 11.3 Å². The predicted molar refractivity (Wildman–Crippen MR) is 64.0 cm³/mol. The SMILES string of the molecule is COc1cc(CC2(N)CC2)c(C)c(C)c1O. The fraction of sp³-hybridized carbons (Fsp3) is 0.538. The molecule has 0 spiro atoms. The van der Waals surface area contributed by atoms with E-state index in [1.807, 2.05) is 19.9 Å². The summed E-state index contributed by atoms with van der Waals surface area (Å²) in [6.45, 7) is 3.93. The van der Waals surface area contributed by atoms with Gasteiger partial charge in [-0.15, -0.1) is 0 Å². The lowest BCUT2D eigenvalue weighted by molar-refractivity contribution is 0.370. The summed E-state index contributed by atoms with van der Waals surface area (Å²) in [7, 11) is 1.57. The van der Waals surface area contributed by atoms with Gasteiger partial charge in [0.05, 0.1) is 7.11 Å². The zero-order chi connectivity index (χ0) is 11.9. The van der Waals surface area contributed by atoms with Gasteiger partial charge in [-0.1, -0.05) is 0 Å². The maximum absolute atomic E-state index is 9.86. The zero-order valence-corrected chi connectivity index (χ0v) is 10.1.